The van der Waals surface area contributed by atoms with E-state index in [2.05, 4.69) is 42.0 Å². The summed E-state index contributed by atoms with van der Waals surface area (Å²) in [6, 6.07) is 5.90. The molecule has 10 nitrogen and oxygen atoms in total. The summed E-state index contributed by atoms with van der Waals surface area (Å²) in [6.07, 6.45) is 4.50. The Labute approximate surface area is 230 Å². The molecule has 3 N–H and O–H groups in total. The number of carbonyl (C=O) groups is 1. The number of fused-ring (bicyclic) bond motifs is 1. The van der Waals surface area contributed by atoms with Gasteiger partial charge in [-0.05, 0) is 32.0 Å². The molecule has 0 unspecified atom stereocenters. The van der Waals surface area contributed by atoms with Gasteiger partial charge in [-0.3, -0.25) is 14.7 Å². The number of ether oxygens (including phenoxy) is 2. The maximum Gasteiger partial charge on any atom is 0.257 e. The van der Waals surface area contributed by atoms with E-state index in [4.69, 9.17) is 15.2 Å². The maximum absolute atomic E-state index is 14.6. The smallest absolute Gasteiger partial charge is 0.257 e. The molecular formula is C29H28FN7O3. The number of aryl methyl sites for hydroxylation is 2. The molecule has 4 heterocycles. The van der Waals surface area contributed by atoms with E-state index in [1.807, 2.05) is 13.8 Å². The van der Waals surface area contributed by atoms with E-state index < -0.39 is 11.7 Å². The molecule has 0 bridgehead atoms. The Morgan fingerprint density at radius 2 is 1.93 bits per heavy atom. The van der Waals surface area contributed by atoms with E-state index in [9.17, 15) is 9.18 Å². The van der Waals surface area contributed by atoms with Crippen LogP contribution in [0.3, 0.4) is 0 Å². The van der Waals surface area contributed by atoms with Gasteiger partial charge < -0.3 is 20.5 Å². The van der Waals surface area contributed by atoms with Crippen molar-refractivity contribution in [3.05, 3.63) is 76.8 Å². The normalized spacial score (nSPS) is 13.5. The van der Waals surface area contributed by atoms with Crippen LogP contribution < -0.4 is 15.8 Å². The van der Waals surface area contributed by atoms with Gasteiger partial charge in [-0.2, -0.15) is 0 Å². The van der Waals surface area contributed by atoms with E-state index in [1.54, 1.807) is 18.3 Å². The van der Waals surface area contributed by atoms with Crippen molar-refractivity contribution in [2.45, 2.75) is 13.8 Å². The molecule has 1 aliphatic heterocycles. The molecule has 5 rings (SSSR count). The Balaban J connectivity index is 1.26. The molecular weight excluding hydrogens is 513 g/mol. The number of nitrogens with one attached hydrogen (secondary N) is 1. The molecule has 1 aromatic carbocycles. The number of nitrogen functional groups attached to an aromatic ring is 1. The molecule has 1 fully saturated rings. The number of nitrogens with zero attached hydrogens (tertiary/aromatic N) is 5. The van der Waals surface area contributed by atoms with E-state index in [0.29, 0.717) is 54.2 Å². The van der Waals surface area contributed by atoms with Crippen LogP contribution in [0.2, 0.25) is 0 Å². The topological polar surface area (TPSA) is 128 Å². The summed E-state index contributed by atoms with van der Waals surface area (Å²) >= 11 is 0. The van der Waals surface area contributed by atoms with Gasteiger partial charge in [0.15, 0.2) is 11.6 Å². The number of nitrogens with two attached hydrogens (primary N) is 1. The number of pyridine rings is 2. The van der Waals surface area contributed by atoms with Gasteiger partial charge in [0.2, 0.25) is 0 Å². The zero-order chi connectivity index (χ0) is 28.1. The summed E-state index contributed by atoms with van der Waals surface area (Å²) in [4.78, 5) is 32.5. The van der Waals surface area contributed by atoms with Crippen molar-refractivity contribution in [3.8, 4) is 17.6 Å². The van der Waals surface area contributed by atoms with Crippen LogP contribution in [0.4, 0.5) is 15.9 Å². The number of amides is 1. The van der Waals surface area contributed by atoms with Crippen LogP contribution in [-0.2, 0) is 4.74 Å². The number of halogens is 1. The Kier molecular flexibility index (Phi) is 8.10. The quantitative estimate of drug-likeness (QED) is 0.354. The second-order valence-corrected chi connectivity index (χ2v) is 9.26. The fraction of sp³-hybridized carbons (Fsp3) is 0.276. The second-order valence-electron chi connectivity index (χ2n) is 9.26. The highest BCUT2D eigenvalue weighted by Crippen LogP contribution is 2.22. The lowest BCUT2D eigenvalue weighted by Crippen LogP contribution is -2.38. The van der Waals surface area contributed by atoms with Gasteiger partial charge >= 0.3 is 0 Å². The number of aromatic nitrogens is 4. The van der Waals surface area contributed by atoms with Crippen molar-refractivity contribution in [1.29, 1.82) is 0 Å². The molecule has 0 atom stereocenters. The number of hydrogen-bond acceptors (Lipinski definition) is 9. The largest absolute Gasteiger partial charge is 0.489 e. The van der Waals surface area contributed by atoms with Gasteiger partial charge in [0.05, 0.1) is 41.9 Å². The fourth-order valence-electron chi connectivity index (χ4n) is 4.11. The Hall–Kier alpha value is -4.66. The lowest BCUT2D eigenvalue weighted by molar-refractivity contribution is 0.0320. The minimum absolute atomic E-state index is 0.127. The van der Waals surface area contributed by atoms with Crippen LogP contribution in [0.1, 0.15) is 32.9 Å². The number of carbonyl (C=O) groups excluding carboxylic acids is 1. The lowest BCUT2D eigenvalue weighted by atomic mass is 10.1. The molecule has 1 aliphatic rings. The Morgan fingerprint density at radius 1 is 1.12 bits per heavy atom. The molecule has 204 valence electrons. The third-order valence-corrected chi connectivity index (χ3v) is 6.44. The molecule has 3 aromatic heterocycles. The average molecular weight is 542 g/mol. The first-order valence-electron chi connectivity index (χ1n) is 12.8. The van der Waals surface area contributed by atoms with Crippen LogP contribution in [0.25, 0.3) is 11.0 Å². The average Bonchev–Trinajstić information content (AvgIpc) is 2.95. The zero-order valence-corrected chi connectivity index (χ0v) is 22.2. The molecule has 0 radical (unpaired) electrons. The van der Waals surface area contributed by atoms with Gasteiger partial charge in [-0.1, -0.05) is 11.8 Å². The number of anilines is 2. The first-order chi connectivity index (χ1) is 19.4. The van der Waals surface area contributed by atoms with Crippen LogP contribution in [0.15, 0.2) is 42.9 Å². The summed E-state index contributed by atoms with van der Waals surface area (Å²) in [7, 11) is 0. The Morgan fingerprint density at radius 3 is 2.73 bits per heavy atom. The van der Waals surface area contributed by atoms with Gasteiger partial charge in [-0.15, -0.1) is 0 Å². The lowest BCUT2D eigenvalue weighted by Gasteiger charge is -2.26. The number of hydrogen-bond donors (Lipinski definition) is 2. The third kappa shape index (κ3) is 6.31. The minimum atomic E-state index is -0.563. The molecule has 40 heavy (non-hydrogen) atoms. The van der Waals surface area contributed by atoms with E-state index >= 15 is 0 Å². The minimum Gasteiger partial charge on any atom is -0.489 e. The standard InChI is InChI=1S/C29H28FN7O3/c1-18-19(2)35-27-23(28(31)33-17-25(27)34-18)5-3-20-13-21(16-32-15-20)29(38)36-22-4-6-26(24(30)14-22)40-12-9-37-7-10-39-11-8-37/h4,6,13-17H,7-12H2,1-2H3,(H2,31,33)(H,36,38). The van der Waals surface area contributed by atoms with Gasteiger partial charge in [0.25, 0.3) is 5.91 Å². The summed E-state index contributed by atoms with van der Waals surface area (Å²) in [6.45, 7) is 7.83. The predicted molar refractivity (Wildman–Crippen MR) is 149 cm³/mol. The van der Waals surface area contributed by atoms with Crippen LogP contribution in [0, 0.1) is 31.5 Å². The summed E-state index contributed by atoms with van der Waals surface area (Å²) < 4.78 is 25.5. The predicted octanol–water partition coefficient (Wildman–Crippen LogP) is 3.12. The molecule has 0 saturated carbocycles. The molecule has 4 aromatic rings. The SMILES string of the molecule is Cc1nc2cnc(N)c(C#Cc3cncc(C(=O)Nc4ccc(OCCN5CCOCC5)c(F)c4)c3)c2nc1C. The summed E-state index contributed by atoms with van der Waals surface area (Å²) in [5, 5.41) is 2.69. The highest BCUT2D eigenvalue weighted by Gasteiger charge is 2.13. The van der Waals surface area contributed by atoms with Gasteiger partial charge in [0.1, 0.15) is 23.5 Å². The molecule has 1 saturated heterocycles. The van der Waals surface area contributed by atoms with Crippen molar-refractivity contribution in [1.82, 2.24) is 24.8 Å². The van der Waals surface area contributed by atoms with Crippen LogP contribution in [-0.4, -0.2) is 70.2 Å². The zero-order valence-electron chi connectivity index (χ0n) is 22.2. The maximum atomic E-state index is 14.6. The summed E-state index contributed by atoms with van der Waals surface area (Å²) in [5.74, 6) is 5.32. The first kappa shape index (κ1) is 26.9. The summed E-state index contributed by atoms with van der Waals surface area (Å²) in [5.41, 5.74) is 10.3. The molecule has 1 amide bonds. The number of morpholine rings is 1. The number of rotatable bonds is 6. The Bertz CT molecular complexity index is 1630. The van der Waals surface area contributed by atoms with Crippen molar-refractivity contribution >= 4 is 28.4 Å². The highest BCUT2D eigenvalue weighted by atomic mass is 19.1. The second kappa shape index (κ2) is 12.0. The number of benzene rings is 1. The van der Waals surface area contributed by atoms with Crippen LogP contribution in [0.5, 0.6) is 5.75 Å². The fourth-order valence-corrected chi connectivity index (χ4v) is 4.11. The van der Waals surface area contributed by atoms with Crippen molar-refractivity contribution in [2.24, 2.45) is 0 Å². The monoisotopic (exact) mass is 541 g/mol. The first-order valence-corrected chi connectivity index (χ1v) is 12.8. The van der Waals surface area contributed by atoms with Crippen molar-refractivity contribution in [2.75, 3.05) is 50.5 Å². The highest BCUT2D eigenvalue weighted by molar-refractivity contribution is 6.04. The molecule has 0 spiro atoms. The molecule has 0 aliphatic carbocycles. The van der Waals surface area contributed by atoms with Crippen LogP contribution >= 0.6 is 0 Å². The van der Waals surface area contributed by atoms with Gasteiger partial charge in [0, 0.05) is 49.3 Å². The van der Waals surface area contributed by atoms with E-state index in [1.165, 1.54) is 24.5 Å². The molecule has 11 heteroatoms. The van der Waals surface area contributed by atoms with Gasteiger partial charge in [-0.25, -0.2) is 19.3 Å². The third-order valence-electron chi connectivity index (χ3n) is 6.44. The van der Waals surface area contributed by atoms with Crippen molar-refractivity contribution in [3.63, 3.8) is 0 Å². The van der Waals surface area contributed by atoms with Crippen molar-refractivity contribution < 1.29 is 18.7 Å². The van der Waals surface area contributed by atoms with E-state index in [0.717, 1.165) is 24.5 Å². The van der Waals surface area contributed by atoms with E-state index in [-0.39, 0.29) is 17.1 Å².